The number of rotatable bonds is 3. The van der Waals surface area contributed by atoms with Crippen molar-refractivity contribution >= 4 is 0 Å². The molecule has 4 nitrogen and oxygen atoms in total. The molecule has 7 heteroatoms. The minimum absolute atomic E-state index is 0.341. The van der Waals surface area contributed by atoms with E-state index in [2.05, 4.69) is 10.0 Å². The molecule has 1 aromatic carbocycles. The van der Waals surface area contributed by atoms with Gasteiger partial charge in [-0.2, -0.15) is 13.2 Å². The lowest BCUT2D eigenvalue weighted by Crippen LogP contribution is -2.06. The Morgan fingerprint density at radius 2 is 1.88 bits per heavy atom. The van der Waals surface area contributed by atoms with Crippen LogP contribution in [0.5, 0.6) is 0 Å². The Bertz CT molecular complexity index is 395. The van der Waals surface area contributed by atoms with E-state index < -0.39 is 24.4 Å². The lowest BCUT2D eigenvalue weighted by molar-refractivity contribution is -0.137. The van der Waals surface area contributed by atoms with Crippen molar-refractivity contribution in [1.29, 1.82) is 0 Å². The topological polar surface area (TPSA) is 69.0 Å². The van der Waals surface area contributed by atoms with E-state index in [0.29, 0.717) is 5.56 Å². The van der Waals surface area contributed by atoms with Crippen molar-refractivity contribution in [2.45, 2.75) is 12.2 Å². The van der Waals surface area contributed by atoms with Crippen molar-refractivity contribution in [3.05, 3.63) is 45.8 Å². The molecule has 1 atom stereocenters. The van der Waals surface area contributed by atoms with E-state index in [4.69, 9.17) is 10.6 Å². The first-order valence-corrected chi connectivity index (χ1v) is 4.31. The van der Waals surface area contributed by atoms with Crippen molar-refractivity contribution < 1.29 is 18.3 Å². The van der Waals surface area contributed by atoms with Crippen LogP contribution in [0.1, 0.15) is 17.2 Å². The normalized spacial score (nSPS) is 13.0. The van der Waals surface area contributed by atoms with E-state index in [1.807, 2.05) is 0 Å². The van der Waals surface area contributed by atoms with E-state index >= 15 is 0 Å². The van der Waals surface area contributed by atoms with Crippen molar-refractivity contribution in [3.63, 3.8) is 0 Å². The molecule has 0 aliphatic carbocycles. The molecule has 0 saturated carbocycles. The number of azide groups is 1. The maximum absolute atomic E-state index is 12.2. The Balaban J connectivity index is 2.98. The third-order valence-corrected chi connectivity index (χ3v) is 1.99. The molecule has 1 N–H and O–H groups in total. The van der Waals surface area contributed by atoms with Gasteiger partial charge >= 0.3 is 6.18 Å². The molecule has 0 spiro atoms. The molecule has 0 heterocycles. The average Bonchev–Trinajstić information content (AvgIpc) is 2.25. The van der Waals surface area contributed by atoms with E-state index in [1.165, 1.54) is 12.1 Å². The summed E-state index contributed by atoms with van der Waals surface area (Å²) >= 11 is 0. The first-order chi connectivity index (χ1) is 7.49. The molecule has 1 unspecified atom stereocenters. The van der Waals surface area contributed by atoms with Gasteiger partial charge in [0.15, 0.2) is 0 Å². The van der Waals surface area contributed by atoms with Gasteiger partial charge in [0.1, 0.15) is 0 Å². The monoisotopic (exact) mass is 231 g/mol. The van der Waals surface area contributed by atoms with Crippen molar-refractivity contribution in [2.24, 2.45) is 5.11 Å². The summed E-state index contributed by atoms with van der Waals surface area (Å²) in [5, 5.41) is 12.1. The van der Waals surface area contributed by atoms with E-state index in [0.717, 1.165) is 12.1 Å². The molecule has 0 aliphatic heterocycles. The third-order valence-electron chi connectivity index (χ3n) is 1.99. The first kappa shape index (κ1) is 12.4. The molecule has 16 heavy (non-hydrogen) atoms. The summed E-state index contributed by atoms with van der Waals surface area (Å²) in [6.45, 7) is -0.449. The smallest absolute Gasteiger partial charge is 0.396 e. The van der Waals surface area contributed by atoms with Gasteiger partial charge in [-0.25, -0.2) is 0 Å². The number of hydrogen-bond acceptors (Lipinski definition) is 2. The van der Waals surface area contributed by atoms with E-state index in [-0.39, 0.29) is 0 Å². The van der Waals surface area contributed by atoms with Gasteiger partial charge < -0.3 is 5.11 Å². The SMILES string of the molecule is [N-]=[N+]=NC(CO)c1ccc(C(F)(F)F)cc1. The fraction of sp³-hybridized carbons (Fsp3) is 0.333. The zero-order valence-electron chi connectivity index (χ0n) is 8.02. The van der Waals surface area contributed by atoms with Crippen LogP contribution in [-0.4, -0.2) is 11.7 Å². The summed E-state index contributed by atoms with van der Waals surface area (Å²) in [5.41, 5.74) is 7.74. The highest BCUT2D eigenvalue weighted by molar-refractivity contribution is 5.26. The average molecular weight is 231 g/mol. The molecule has 0 saturated heterocycles. The minimum atomic E-state index is -4.40. The largest absolute Gasteiger partial charge is 0.416 e. The molecule has 0 radical (unpaired) electrons. The van der Waals surface area contributed by atoms with Gasteiger partial charge in [-0.3, -0.25) is 0 Å². The molecule has 0 amide bonds. The number of alkyl halides is 3. The van der Waals surface area contributed by atoms with Crippen molar-refractivity contribution in [2.75, 3.05) is 6.61 Å². The predicted octanol–water partition coefficient (Wildman–Crippen LogP) is 3.05. The van der Waals surface area contributed by atoms with E-state index in [9.17, 15) is 13.2 Å². The van der Waals surface area contributed by atoms with Gasteiger partial charge in [-0.05, 0) is 23.2 Å². The van der Waals surface area contributed by atoms with Crippen LogP contribution in [0.25, 0.3) is 10.4 Å². The highest BCUT2D eigenvalue weighted by atomic mass is 19.4. The van der Waals surface area contributed by atoms with Gasteiger partial charge in [0.25, 0.3) is 0 Å². The summed E-state index contributed by atoms with van der Waals surface area (Å²) in [6, 6.07) is 3.26. The fourth-order valence-electron chi connectivity index (χ4n) is 1.17. The quantitative estimate of drug-likeness (QED) is 0.484. The van der Waals surface area contributed by atoms with Crippen molar-refractivity contribution in [3.8, 4) is 0 Å². The summed E-state index contributed by atoms with van der Waals surface area (Å²) in [5.74, 6) is 0. The van der Waals surface area contributed by atoms with Crippen molar-refractivity contribution in [1.82, 2.24) is 0 Å². The molecule has 0 aromatic heterocycles. The zero-order chi connectivity index (χ0) is 12.2. The van der Waals surface area contributed by atoms with E-state index in [1.54, 1.807) is 0 Å². The molecular formula is C9H8F3N3O. The second-order valence-electron chi connectivity index (χ2n) is 3.02. The van der Waals surface area contributed by atoms with Crippen LogP contribution in [0.2, 0.25) is 0 Å². The minimum Gasteiger partial charge on any atom is -0.396 e. The Labute approximate surface area is 89.0 Å². The Hall–Kier alpha value is -1.72. The van der Waals surface area contributed by atoms with Gasteiger partial charge in [0, 0.05) is 4.91 Å². The first-order valence-electron chi connectivity index (χ1n) is 4.31. The summed E-state index contributed by atoms with van der Waals surface area (Å²) in [7, 11) is 0. The predicted molar refractivity (Wildman–Crippen MR) is 50.4 cm³/mol. The summed E-state index contributed by atoms with van der Waals surface area (Å²) < 4.78 is 36.7. The van der Waals surface area contributed by atoms with Crippen LogP contribution in [0.4, 0.5) is 13.2 Å². The molecule has 1 rings (SSSR count). The van der Waals surface area contributed by atoms with Crippen LogP contribution < -0.4 is 0 Å². The summed E-state index contributed by atoms with van der Waals surface area (Å²) in [6.07, 6.45) is -4.40. The number of nitrogens with zero attached hydrogens (tertiary/aromatic N) is 3. The lowest BCUT2D eigenvalue weighted by Gasteiger charge is -2.10. The van der Waals surface area contributed by atoms with Crippen LogP contribution >= 0.6 is 0 Å². The molecule has 0 aliphatic rings. The number of aliphatic hydroxyl groups is 1. The highest BCUT2D eigenvalue weighted by Crippen LogP contribution is 2.30. The second kappa shape index (κ2) is 4.87. The number of hydrogen-bond donors (Lipinski definition) is 1. The molecular weight excluding hydrogens is 223 g/mol. The van der Waals surface area contributed by atoms with Gasteiger partial charge in [0.2, 0.25) is 0 Å². The molecule has 0 bridgehead atoms. The second-order valence-corrected chi connectivity index (χ2v) is 3.02. The molecule has 0 fully saturated rings. The summed E-state index contributed by atoms with van der Waals surface area (Å²) in [4.78, 5) is 2.50. The standard InChI is InChI=1S/C9H8F3N3O/c10-9(11,12)7-3-1-6(2-4-7)8(5-16)14-15-13/h1-4,8,16H,5H2. The number of benzene rings is 1. The van der Waals surface area contributed by atoms with Crippen LogP contribution in [0, 0.1) is 0 Å². The molecule has 1 aromatic rings. The Morgan fingerprint density at radius 3 is 2.25 bits per heavy atom. The Kier molecular flexibility index (Phi) is 3.76. The van der Waals surface area contributed by atoms with Gasteiger partial charge in [-0.15, -0.1) is 0 Å². The van der Waals surface area contributed by atoms with Gasteiger partial charge in [0.05, 0.1) is 18.2 Å². The molecule has 86 valence electrons. The van der Waals surface area contributed by atoms with Crippen LogP contribution in [-0.2, 0) is 6.18 Å². The lowest BCUT2D eigenvalue weighted by atomic mass is 10.1. The van der Waals surface area contributed by atoms with Gasteiger partial charge in [-0.1, -0.05) is 17.2 Å². The number of aliphatic hydroxyl groups excluding tert-OH is 1. The van der Waals surface area contributed by atoms with Crippen LogP contribution in [0.15, 0.2) is 29.4 Å². The zero-order valence-corrected chi connectivity index (χ0v) is 8.02. The fourth-order valence-corrected chi connectivity index (χ4v) is 1.17. The number of halogens is 3. The maximum atomic E-state index is 12.2. The third kappa shape index (κ3) is 2.88. The highest BCUT2D eigenvalue weighted by Gasteiger charge is 2.30. The van der Waals surface area contributed by atoms with Crippen LogP contribution in [0.3, 0.4) is 0 Å². The maximum Gasteiger partial charge on any atom is 0.416 e. The Morgan fingerprint density at radius 1 is 1.31 bits per heavy atom.